The van der Waals surface area contributed by atoms with Crippen LogP contribution in [0.5, 0.6) is 0 Å². The molecule has 0 spiro atoms. The highest BCUT2D eigenvalue weighted by Gasteiger charge is 2.12. The highest BCUT2D eigenvalue weighted by molar-refractivity contribution is 5.92. The maximum Gasteiger partial charge on any atom is 0.224 e. The second-order valence-corrected chi connectivity index (χ2v) is 5.83. The SMILES string of the molecule is Cc1cccc(C(C)C)c1NC(=O)CCc1ccccc1F. The number of benzene rings is 2. The summed E-state index contributed by atoms with van der Waals surface area (Å²) in [4.78, 5) is 12.2. The molecule has 0 aliphatic rings. The number of anilines is 1. The topological polar surface area (TPSA) is 29.1 Å². The lowest BCUT2D eigenvalue weighted by Gasteiger charge is -2.16. The van der Waals surface area contributed by atoms with Crippen molar-refractivity contribution >= 4 is 11.6 Å². The van der Waals surface area contributed by atoms with Gasteiger partial charge in [0.05, 0.1) is 0 Å². The van der Waals surface area contributed by atoms with Crippen molar-refractivity contribution in [3.63, 3.8) is 0 Å². The predicted octanol–water partition coefficient (Wildman–Crippen LogP) is 4.83. The van der Waals surface area contributed by atoms with Gasteiger partial charge in [0, 0.05) is 12.1 Å². The number of halogens is 1. The molecule has 0 aliphatic carbocycles. The first-order valence-corrected chi connectivity index (χ1v) is 7.61. The average Bonchev–Trinajstić information content (AvgIpc) is 2.48. The third kappa shape index (κ3) is 3.94. The second kappa shape index (κ2) is 7.21. The van der Waals surface area contributed by atoms with E-state index in [1.807, 2.05) is 25.1 Å². The zero-order valence-corrected chi connectivity index (χ0v) is 13.3. The molecule has 0 saturated heterocycles. The first-order chi connectivity index (χ1) is 10.5. The van der Waals surface area contributed by atoms with Crippen LogP contribution in [0.3, 0.4) is 0 Å². The van der Waals surface area contributed by atoms with Gasteiger partial charge in [-0.3, -0.25) is 4.79 Å². The number of hydrogen-bond acceptors (Lipinski definition) is 1. The largest absolute Gasteiger partial charge is 0.326 e. The van der Waals surface area contributed by atoms with E-state index in [0.717, 1.165) is 16.8 Å². The first-order valence-electron chi connectivity index (χ1n) is 7.61. The van der Waals surface area contributed by atoms with Crippen molar-refractivity contribution in [3.8, 4) is 0 Å². The molecule has 1 amide bonds. The Morgan fingerprint density at radius 2 is 1.86 bits per heavy atom. The maximum atomic E-state index is 13.6. The van der Waals surface area contributed by atoms with Crippen LogP contribution in [-0.2, 0) is 11.2 Å². The monoisotopic (exact) mass is 299 g/mol. The van der Waals surface area contributed by atoms with Crippen LogP contribution in [0.2, 0.25) is 0 Å². The summed E-state index contributed by atoms with van der Waals surface area (Å²) in [5.41, 5.74) is 3.63. The van der Waals surface area contributed by atoms with Crippen molar-refractivity contribution in [1.29, 1.82) is 0 Å². The summed E-state index contributed by atoms with van der Waals surface area (Å²) in [6.07, 6.45) is 0.675. The summed E-state index contributed by atoms with van der Waals surface area (Å²) in [6.45, 7) is 6.19. The van der Waals surface area contributed by atoms with Crippen LogP contribution in [0, 0.1) is 12.7 Å². The molecule has 2 aromatic rings. The molecule has 0 aliphatic heterocycles. The maximum absolute atomic E-state index is 13.6. The van der Waals surface area contributed by atoms with Gasteiger partial charge in [-0.25, -0.2) is 4.39 Å². The van der Waals surface area contributed by atoms with Gasteiger partial charge in [-0.1, -0.05) is 50.2 Å². The summed E-state index contributed by atoms with van der Waals surface area (Å²) in [7, 11) is 0. The van der Waals surface area contributed by atoms with Gasteiger partial charge in [0.1, 0.15) is 5.82 Å². The highest BCUT2D eigenvalue weighted by atomic mass is 19.1. The molecule has 116 valence electrons. The number of nitrogens with one attached hydrogen (secondary N) is 1. The van der Waals surface area contributed by atoms with Gasteiger partial charge in [-0.15, -0.1) is 0 Å². The Labute approximate surface area is 131 Å². The van der Waals surface area contributed by atoms with Crippen LogP contribution in [0.15, 0.2) is 42.5 Å². The van der Waals surface area contributed by atoms with Gasteiger partial charge in [0.25, 0.3) is 0 Å². The Balaban J connectivity index is 2.05. The lowest BCUT2D eigenvalue weighted by atomic mass is 9.98. The van der Waals surface area contributed by atoms with E-state index in [-0.39, 0.29) is 18.1 Å². The summed E-state index contributed by atoms with van der Waals surface area (Å²) < 4.78 is 13.6. The summed E-state index contributed by atoms with van der Waals surface area (Å²) in [6, 6.07) is 12.6. The van der Waals surface area contributed by atoms with Crippen molar-refractivity contribution in [2.75, 3.05) is 5.32 Å². The van der Waals surface area contributed by atoms with Gasteiger partial charge < -0.3 is 5.32 Å². The Hall–Kier alpha value is -2.16. The normalized spacial score (nSPS) is 10.8. The lowest BCUT2D eigenvalue weighted by molar-refractivity contribution is -0.116. The Morgan fingerprint density at radius 1 is 1.14 bits per heavy atom. The Kier molecular flexibility index (Phi) is 5.31. The molecular weight excluding hydrogens is 277 g/mol. The molecule has 0 fully saturated rings. The standard InChI is InChI=1S/C19H22FNO/c1-13(2)16-9-6-7-14(3)19(16)21-18(22)12-11-15-8-4-5-10-17(15)20/h4-10,13H,11-12H2,1-3H3,(H,21,22). The minimum Gasteiger partial charge on any atom is -0.326 e. The zero-order valence-electron chi connectivity index (χ0n) is 13.3. The number of carbonyl (C=O) groups is 1. The van der Waals surface area contributed by atoms with E-state index >= 15 is 0 Å². The number of aryl methyl sites for hydroxylation is 2. The van der Waals surface area contributed by atoms with Crippen molar-refractivity contribution in [3.05, 3.63) is 65.0 Å². The molecule has 0 bridgehead atoms. The van der Waals surface area contributed by atoms with Crippen LogP contribution in [0.4, 0.5) is 10.1 Å². The smallest absolute Gasteiger partial charge is 0.224 e. The zero-order chi connectivity index (χ0) is 16.1. The minimum atomic E-state index is -0.255. The molecule has 1 N–H and O–H groups in total. The third-order valence-corrected chi connectivity index (χ3v) is 3.77. The number of hydrogen-bond donors (Lipinski definition) is 1. The Morgan fingerprint density at radius 3 is 2.55 bits per heavy atom. The fourth-order valence-electron chi connectivity index (χ4n) is 2.49. The second-order valence-electron chi connectivity index (χ2n) is 5.83. The minimum absolute atomic E-state index is 0.0838. The Bertz CT molecular complexity index is 664. The van der Waals surface area contributed by atoms with Gasteiger partial charge in [-0.2, -0.15) is 0 Å². The molecule has 0 aromatic heterocycles. The van der Waals surface area contributed by atoms with E-state index in [4.69, 9.17) is 0 Å². The molecule has 0 unspecified atom stereocenters. The van der Waals surface area contributed by atoms with Crippen LogP contribution in [0.25, 0.3) is 0 Å². The number of carbonyl (C=O) groups excluding carboxylic acids is 1. The van der Waals surface area contributed by atoms with Gasteiger partial charge in [-0.05, 0) is 42.0 Å². The summed E-state index contributed by atoms with van der Waals surface area (Å²) in [5, 5.41) is 2.99. The van der Waals surface area contributed by atoms with Gasteiger partial charge in [0.2, 0.25) is 5.91 Å². The van der Waals surface area contributed by atoms with Gasteiger partial charge in [0.15, 0.2) is 0 Å². The molecule has 3 heteroatoms. The highest BCUT2D eigenvalue weighted by Crippen LogP contribution is 2.27. The molecule has 2 nitrogen and oxygen atoms in total. The fourth-order valence-corrected chi connectivity index (χ4v) is 2.49. The van der Waals surface area contributed by atoms with E-state index in [1.54, 1.807) is 18.2 Å². The van der Waals surface area contributed by atoms with Crippen LogP contribution < -0.4 is 5.32 Å². The van der Waals surface area contributed by atoms with Crippen molar-refractivity contribution in [2.24, 2.45) is 0 Å². The predicted molar refractivity (Wildman–Crippen MR) is 88.6 cm³/mol. The van der Waals surface area contributed by atoms with E-state index in [9.17, 15) is 9.18 Å². The van der Waals surface area contributed by atoms with E-state index in [2.05, 4.69) is 19.2 Å². The molecule has 0 atom stereocenters. The fraction of sp³-hybridized carbons (Fsp3) is 0.316. The molecule has 0 heterocycles. The first kappa shape index (κ1) is 16.2. The van der Waals surface area contributed by atoms with Crippen molar-refractivity contribution < 1.29 is 9.18 Å². The third-order valence-electron chi connectivity index (χ3n) is 3.77. The quantitative estimate of drug-likeness (QED) is 0.842. The number of amides is 1. The van der Waals surface area contributed by atoms with Crippen molar-refractivity contribution in [2.45, 2.75) is 39.5 Å². The van der Waals surface area contributed by atoms with Crippen LogP contribution in [0.1, 0.15) is 42.9 Å². The molecule has 0 radical (unpaired) electrons. The van der Waals surface area contributed by atoms with Gasteiger partial charge >= 0.3 is 0 Å². The number of para-hydroxylation sites is 1. The summed E-state index contributed by atoms with van der Waals surface area (Å²) in [5.74, 6) is -0.00437. The van der Waals surface area contributed by atoms with E-state index in [1.165, 1.54) is 6.07 Å². The molecule has 0 saturated carbocycles. The average molecular weight is 299 g/mol. The summed E-state index contributed by atoms with van der Waals surface area (Å²) >= 11 is 0. The molecule has 2 rings (SSSR count). The van der Waals surface area contributed by atoms with Crippen LogP contribution in [-0.4, -0.2) is 5.91 Å². The molecule has 22 heavy (non-hydrogen) atoms. The number of rotatable bonds is 5. The van der Waals surface area contributed by atoms with Crippen molar-refractivity contribution in [1.82, 2.24) is 0 Å². The lowest BCUT2D eigenvalue weighted by Crippen LogP contribution is -2.15. The van der Waals surface area contributed by atoms with Crippen LogP contribution >= 0.6 is 0 Å². The molecule has 2 aromatic carbocycles. The van der Waals surface area contributed by atoms with E-state index in [0.29, 0.717) is 17.9 Å². The molecular formula is C19H22FNO. The van der Waals surface area contributed by atoms with E-state index < -0.39 is 0 Å².